The fourth-order valence-electron chi connectivity index (χ4n) is 3.70. The van der Waals surface area contributed by atoms with Crippen LogP contribution in [-0.2, 0) is 24.5 Å². The third kappa shape index (κ3) is 6.81. The van der Waals surface area contributed by atoms with Gasteiger partial charge in [-0.25, -0.2) is 9.59 Å². The number of benzene rings is 1. The summed E-state index contributed by atoms with van der Waals surface area (Å²) in [6.07, 6.45) is 10.8. The van der Waals surface area contributed by atoms with E-state index in [2.05, 4.69) is 39.0 Å². The number of fused-ring (bicyclic) bond motifs is 1. The third-order valence-corrected chi connectivity index (χ3v) is 5.49. The highest BCUT2D eigenvalue weighted by molar-refractivity contribution is 5.93. The fourth-order valence-corrected chi connectivity index (χ4v) is 3.70. The molecule has 0 fully saturated rings. The molecular formula is C27H34O4. The van der Waals surface area contributed by atoms with Gasteiger partial charge in [0.15, 0.2) is 0 Å². The fraction of sp³-hybridized carbons (Fsp3) is 0.407. The zero-order chi connectivity index (χ0) is 23.0. The van der Waals surface area contributed by atoms with Crippen LogP contribution in [0.4, 0.5) is 0 Å². The van der Waals surface area contributed by atoms with Gasteiger partial charge >= 0.3 is 11.9 Å². The summed E-state index contributed by atoms with van der Waals surface area (Å²) in [5.41, 5.74) is 6.50. The molecular weight excluding hydrogens is 388 g/mol. The quantitative estimate of drug-likeness (QED) is 0.299. The highest BCUT2D eigenvalue weighted by atomic mass is 16.5. The second-order valence-corrected chi connectivity index (χ2v) is 8.42. The number of rotatable bonds is 7. The number of carbonyl (C=O) groups is 2. The van der Waals surface area contributed by atoms with E-state index < -0.39 is 0 Å². The van der Waals surface area contributed by atoms with Crippen LogP contribution in [0, 0.1) is 0 Å². The van der Waals surface area contributed by atoms with Gasteiger partial charge in [0.25, 0.3) is 0 Å². The minimum absolute atomic E-state index is 0.0619. The van der Waals surface area contributed by atoms with Gasteiger partial charge in [-0.05, 0) is 85.4 Å². The van der Waals surface area contributed by atoms with Crippen LogP contribution in [0.3, 0.4) is 0 Å². The Morgan fingerprint density at radius 3 is 2.42 bits per heavy atom. The van der Waals surface area contributed by atoms with Crippen LogP contribution in [0.25, 0.3) is 11.1 Å². The molecule has 0 saturated heterocycles. The maximum Gasteiger partial charge on any atom is 0.331 e. The normalized spacial score (nSPS) is 17.5. The van der Waals surface area contributed by atoms with E-state index >= 15 is 0 Å². The van der Waals surface area contributed by atoms with Crippen LogP contribution >= 0.6 is 0 Å². The first-order chi connectivity index (χ1) is 14.7. The lowest BCUT2D eigenvalue weighted by molar-refractivity contribution is -0.138. The third-order valence-electron chi connectivity index (χ3n) is 5.49. The van der Waals surface area contributed by atoms with E-state index in [9.17, 15) is 9.59 Å². The van der Waals surface area contributed by atoms with E-state index in [1.54, 1.807) is 13.0 Å². The summed E-state index contributed by atoms with van der Waals surface area (Å²) in [6.45, 7) is 12.8. The van der Waals surface area contributed by atoms with Gasteiger partial charge in [0.2, 0.25) is 0 Å². The van der Waals surface area contributed by atoms with E-state index in [-0.39, 0.29) is 17.4 Å². The van der Waals surface area contributed by atoms with Crippen molar-refractivity contribution >= 4 is 23.1 Å². The Morgan fingerprint density at radius 1 is 1.06 bits per heavy atom. The predicted octanol–water partition coefficient (Wildman–Crippen LogP) is 6.17. The molecule has 1 aliphatic rings. The van der Waals surface area contributed by atoms with Crippen LogP contribution < -0.4 is 0 Å². The minimum atomic E-state index is -0.330. The minimum Gasteiger partial charge on any atom is -0.463 e. The van der Waals surface area contributed by atoms with Crippen LogP contribution in [-0.4, -0.2) is 25.2 Å². The summed E-state index contributed by atoms with van der Waals surface area (Å²) >= 11 is 0. The molecule has 4 nitrogen and oxygen atoms in total. The molecule has 31 heavy (non-hydrogen) atoms. The van der Waals surface area contributed by atoms with Crippen molar-refractivity contribution in [2.75, 3.05) is 13.2 Å². The Kier molecular flexibility index (Phi) is 8.61. The Bertz CT molecular complexity index is 942. The molecule has 0 saturated carbocycles. The van der Waals surface area contributed by atoms with Gasteiger partial charge in [-0.1, -0.05) is 44.2 Å². The SMILES string of the molecule is CCOC(=O)\C=C(C)/C=C/C=C(\C)c1ccc2c(c1)/C(=C/C(=O)OCC)CCC2(C)C. The average molecular weight is 423 g/mol. The van der Waals surface area contributed by atoms with E-state index in [1.807, 2.05) is 32.1 Å². The van der Waals surface area contributed by atoms with Crippen LogP contribution in [0.5, 0.6) is 0 Å². The highest BCUT2D eigenvalue weighted by Crippen LogP contribution is 2.43. The summed E-state index contributed by atoms with van der Waals surface area (Å²) in [5.74, 6) is -0.615. The van der Waals surface area contributed by atoms with Gasteiger partial charge in [-0.3, -0.25) is 0 Å². The van der Waals surface area contributed by atoms with Crippen molar-refractivity contribution in [1.82, 2.24) is 0 Å². The largest absolute Gasteiger partial charge is 0.463 e. The Hall–Kier alpha value is -2.88. The second kappa shape index (κ2) is 10.9. The maximum atomic E-state index is 12.1. The lowest BCUT2D eigenvalue weighted by Gasteiger charge is -2.34. The average Bonchev–Trinajstić information content (AvgIpc) is 2.70. The lowest BCUT2D eigenvalue weighted by atomic mass is 9.70. The Labute approximate surface area is 186 Å². The zero-order valence-electron chi connectivity index (χ0n) is 19.6. The molecule has 0 spiro atoms. The van der Waals surface area contributed by atoms with Crippen LogP contribution in [0.2, 0.25) is 0 Å². The number of carbonyl (C=O) groups excluding carboxylic acids is 2. The lowest BCUT2D eigenvalue weighted by Crippen LogP contribution is -2.23. The monoisotopic (exact) mass is 422 g/mol. The van der Waals surface area contributed by atoms with Gasteiger partial charge in [0.05, 0.1) is 13.2 Å². The maximum absolute atomic E-state index is 12.1. The molecule has 0 radical (unpaired) electrons. The van der Waals surface area contributed by atoms with Crippen molar-refractivity contribution in [3.8, 4) is 0 Å². The van der Waals surface area contributed by atoms with Crippen molar-refractivity contribution < 1.29 is 19.1 Å². The van der Waals surface area contributed by atoms with Gasteiger partial charge < -0.3 is 9.47 Å². The summed E-state index contributed by atoms with van der Waals surface area (Å²) in [6, 6.07) is 6.48. The number of hydrogen-bond acceptors (Lipinski definition) is 4. The summed E-state index contributed by atoms with van der Waals surface area (Å²) in [7, 11) is 0. The zero-order valence-corrected chi connectivity index (χ0v) is 19.6. The Morgan fingerprint density at radius 2 is 1.74 bits per heavy atom. The molecule has 0 unspecified atom stereocenters. The number of ether oxygens (including phenoxy) is 2. The van der Waals surface area contributed by atoms with Crippen molar-refractivity contribution in [3.63, 3.8) is 0 Å². The summed E-state index contributed by atoms with van der Waals surface area (Å²) in [4.78, 5) is 23.6. The topological polar surface area (TPSA) is 52.6 Å². The van der Waals surface area contributed by atoms with E-state index in [4.69, 9.17) is 9.47 Å². The summed E-state index contributed by atoms with van der Waals surface area (Å²) in [5, 5.41) is 0. The molecule has 0 aromatic heterocycles. The molecule has 0 N–H and O–H groups in total. The molecule has 4 heteroatoms. The second-order valence-electron chi connectivity index (χ2n) is 8.42. The van der Waals surface area contributed by atoms with Crippen molar-refractivity contribution in [3.05, 3.63) is 70.8 Å². The molecule has 0 heterocycles. The highest BCUT2D eigenvalue weighted by Gasteiger charge is 2.30. The van der Waals surface area contributed by atoms with E-state index in [0.29, 0.717) is 13.2 Å². The van der Waals surface area contributed by atoms with Crippen LogP contribution in [0.15, 0.2) is 54.2 Å². The van der Waals surface area contributed by atoms with E-state index in [1.165, 1.54) is 11.6 Å². The molecule has 0 amide bonds. The first-order valence-corrected chi connectivity index (χ1v) is 10.9. The van der Waals surface area contributed by atoms with Crippen molar-refractivity contribution in [2.24, 2.45) is 0 Å². The van der Waals surface area contributed by atoms with E-state index in [0.717, 1.165) is 40.7 Å². The molecule has 0 bridgehead atoms. The van der Waals surface area contributed by atoms with Gasteiger partial charge in [0, 0.05) is 12.2 Å². The molecule has 2 rings (SSSR count). The van der Waals surface area contributed by atoms with Gasteiger partial charge in [-0.2, -0.15) is 0 Å². The van der Waals surface area contributed by atoms with Gasteiger partial charge in [-0.15, -0.1) is 0 Å². The predicted molar refractivity (Wildman–Crippen MR) is 126 cm³/mol. The molecule has 0 atom stereocenters. The first-order valence-electron chi connectivity index (χ1n) is 10.9. The molecule has 1 aromatic carbocycles. The van der Waals surface area contributed by atoms with Crippen molar-refractivity contribution in [1.29, 1.82) is 0 Å². The number of esters is 2. The van der Waals surface area contributed by atoms with Crippen molar-refractivity contribution in [2.45, 2.75) is 59.8 Å². The van der Waals surface area contributed by atoms with Gasteiger partial charge in [0.1, 0.15) is 0 Å². The first kappa shape index (κ1) is 24.4. The standard InChI is InChI=1S/C27H34O4/c1-7-30-25(28)16-19(3)10-9-11-20(4)21-12-13-24-23(17-21)22(14-15-27(24,5)6)18-26(29)31-8-2/h9-13,16-18H,7-8,14-15H2,1-6H3/b10-9+,19-16-,20-11+,22-18+. The Balaban J connectivity index is 2.33. The molecule has 1 aromatic rings. The molecule has 166 valence electrons. The van der Waals surface area contributed by atoms with Crippen LogP contribution in [0.1, 0.15) is 71.1 Å². The molecule has 1 aliphatic carbocycles. The number of hydrogen-bond donors (Lipinski definition) is 0. The molecule has 0 aliphatic heterocycles. The summed E-state index contributed by atoms with van der Waals surface area (Å²) < 4.78 is 10.1. The smallest absolute Gasteiger partial charge is 0.331 e. The number of allylic oxidation sites excluding steroid dienone is 6.